The molecule has 5 rings (SSSR count). The Hall–Kier alpha value is -4.17. The lowest BCUT2D eigenvalue weighted by Gasteiger charge is -2.24. The molecular formula is C38H46N2O6. The number of nitrogens with zero attached hydrogens (tertiary/aromatic N) is 2. The fourth-order valence-electron chi connectivity index (χ4n) is 6.57. The second-order valence-electron chi connectivity index (χ2n) is 13.5. The monoisotopic (exact) mass is 626 g/mol. The first-order valence-corrected chi connectivity index (χ1v) is 16.3. The molecule has 46 heavy (non-hydrogen) atoms. The standard InChI is InChI=1S/C38H46N2O6/c1-8-45-37(43)31(18-19-39(5)6)35(41)27-20-26-21-28(44-7)15-17-29(26)34-33(24-12-10-9-11-13-24)30-16-14-25(22-32(30)40(34)23-27)36(42)46-38(2,3)4/h14-18,20-22,24H,8-13,19,23H2,1-7H3. The molecule has 0 radical (unpaired) electrons. The number of likely N-dealkylation sites (N-methyl/N-ethyl adjacent to an activating group) is 1. The van der Waals surface area contributed by atoms with Crippen molar-refractivity contribution in [2.45, 2.75) is 77.9 Å². The van der Waals surface area contributed by atoms with E-state index in [4.69, 9.17) is 14.2 Å². The highest BCUT2D eigenvalue weighted by Crippen LogP contribution is 2.47. The van der Waals surface area contributed by atoms with Gasteiger partial charge in [-0.2, -0.15) is 0 Å². The van der Waals surface area contributed by atoms with Crippen molar-refractivity contribution in [1.29, 1.82) is 0 Å². The molecule has 2 aliphatic rings. The van der Waals surface area contributed by atoms with Gasteiger partial charge < -0.3 is 23.7 Å². The topological polar surface area (TPSA) is 87.1 Å². The number of ketones is 1. The van der Waals surface area contributed by atoms with E-state index in [1.165, 1.54) is 12.0 Å². The number of carbonyl (C=O) groups is 3. The third kappa shape index (κ3) is 6.97. The summed E-state index contributed by atoms with van der Waals surface area (Å²) < 4.78 is 18.8. The Bertz CT molecular complexity index is 1710. The third-order valence-corrected chi connectivity index (χ3v) is 8.62. The van der Waals surface area contributed by atoms with Crippen LogP contribution >= 0.6 is 0 Å². The molecule has 2 aromatic carbocycles. The predicted molar refractivity (Wildman–Crippen MR) is 181 cm³/mol. The van der Waals surface area contributed by atoms with Crippen molar-refractivity contribution in [3.8, 4) is 17.0 Å². The number of ether oxygens (including phenoxy) is 3. The van der Waals surface area contributed by atoms with Crippen molar-refractivity contribution in [1.82, 2.24) is 9.47 Å². The van der Waals surface area contributed by atoms with Crippen LogP contribution in [0.25, 0.3) is 28.2 Å². The van der Waals surface area contributed by atoms with E-state index in [1.54, 1.807) is 20.1 Å². The molecule has 2 heterocycles. The maximum absolute atomic E-state index is 14.4. The summed E-state index contributed by atoms with van der Waals surface area (Å²) in [6.45, 7) is 8.07. The van der Waals surface area contributed by atoms with Crippen LogP contribution in [-0.2, 0) is 25.6 Å². The van der Waals surface area contributed by atoms with Gasteiger partial charge in [0, 0.05) is 28.6 Å². The number of benzene rings is 2. The molecule has 0 amide bonds. The van der Waals surface area contributed by atoms with Gasteiger partial charge in [0.25, 0.3) is 0 Å². The van der Waals surface area contributed by atoms with Gasteiger partial charge in [-0.25, -0.2) is 9.59 Å². The van der Waals surface area contributed by atoms with E-state index in [0.717, 1.165) is 53.4 Å². The number of rotatable bonds is 9. The molecule has 0 bridgehead atoms. The minimum Gasteiger partial charge on any atom is -0.497 e. The minimum atomic E-state index is -0.641. The number of Topliss-reactive ketones (excluding diaryl/α,β-unsaturated/α-hetero) is 1. The summed E-state index contributed by atoms with van der Waals surface area (Å²) in [5, 5.41) is 1.07. The zero-order valence-electron chi connectivity index (χ0n) is 28.2. The fourth-order valence-corrected chi connectivity index (χ4v) is 6.57. The highest BCUT2D eigenvalue weighted by Gasteiger charge is 2.32. The van der Waals surface area contributed by atoms with Crippen LogP contribution in [0.15, 0.2) is 53.6 Å². The quantitative estimate of drug-likeness (QED) is 0.106. The molecule has 8 heteroatoms. The van der Waals surface area contributed by atoms with Crippen molar-refractivity contribution < 1.29 is 28.6 Å². The molecule has 0 atom stereocenters. The third-order valence-electron chi connectivity index (χ3n) is 8.62. The number of hydrogen-bond donors (Lipinski definition) is 0. The molecule has 1 aromatic heterocycles. The average molecular weight is 627 g/mol. The van der Waals surface area contributed by atoms with Crippen LogP contribution in [0.4, 0.5) is 0 Å². The largest absolute Gasteiger partial charge is 0.497 e. The zero-order chi connectivity index (χ0) is 33.2. The van der Waals surface area contributed by atoms with E-state index < -0.39 is 17.5 Å². The van der Waals surface area contributed by atoms with E-state index in [2.05, 4.69) is 10.6 Å². The number of esters is 2. The van der Waals surface area contributed by atoms with E-state index in [1.807, 2.05) is 76.2 Å². The molecule has 3 aromatic rings. The molecule has 244 valence electrons. The number of methoxy groups -OCH3 is 1. The van der Waals surface area contributed by atoms with Gasteiger partial charge in [0.2, 0.25) is 0 Å². The highest BCUT2D eigenvalue weighted by molar-refractivity contribution is 6.25. The lowest BCUT2D eigenvalue weighted by atomic mass is 9.81. The second-order valence-corrected chi connectivity index (χ2v) is 13.5. The Labute approximate surface area is 272 Å². The van der Waals surface area contributed by atoms with Gasteiger partial charge >= 0.3 is 11.9 Å². The zero-order valence-corrected chi connectivity index (χ0v) is 28.2. The van der Waals surface area contributed by atoms with Gasteiger partial charge in [0.15, 0.2) is 5.78 Å². The van der Waals surface area contributed by atoms with Crippen molar-refractivity contribution in [2.75, 3.05) is 34.4 Å². The summed E-state index contributed by atoms with van der Waals surface area (Å²) in [6.07, 6.45) is 9.20. The molecular weight excluding hydrogens is 580 g/mol. The van der Waals surface area contributed by atoms with Gasteiger partial charge in [-0.3, -0.25) is 4.79 Å². The van der Waals surface area contributed by atoms with Gasteiger partial charge in [0.05, 0.1) is 31.5 Å². The molecule has 1 fully saturated rings. The van der Waals surface area contributed by atoms with Gasteiger partial charge in [-0.05, 0) is 108 Å². The molecule has 0 saturated heterocycles. The highest BCUT2D eigenvalue weighted by atomic mass is 16.6. The minimum absolute atomic E-state index is 0.00751. The maximum Gasteiger partial charge on any atom is 0.341 e. The Morgan fingerprint density at radius 2 is 1.76 bits per heavy atom. The normalized spacial score (nSPS) is 15.6. The van der Waals surface area contributed by atoms with Gasteiger partial charge in [0.1, 0.15) is 16.9 Å². The lowest BCUT2D eigenvalue weighted by Crippen LogP contribution is -2.24. The summed E-state index contributed by atoms with van der Waals surface area (Å²) in [5.74, 6) is -0.413. The first-order valence-electron chi connectivity index (χ1n) is 16.3. The number of allylic oxidation sites excluding steroid dienone is 1. The van der Waals surface area contributed by atoms with Crippen LogP contribution < -0.4 is 4.74 Å². The van der Waals surface area contributed by atoms with Crippen LogP contribution in [0, 0.1) is 0 Å². The lowest BCUT2D eigenvalue weighted by molar-refractivity contribution is -0.139. The number of hydrogen-bond acceptors (Lipinski definition) is 7. The average Bonchev–Trinajstić information content (AvgIpc) is 3.22. The molecule has 0 N–H and O–H groups in total. The smallest absolute Gasteiger partial charge is 0.341 e. The molecule has 0 spiro atoms. The first-order chi connectivity index (χ1) is 21.9. The van der Waals surface area contributed by atoms with Crippen molar-refractivity contribution in [2.24, 2.45) is 0 Å². The second kappa shape index (κ2) is 13.7. The number of carbonyl (C=O) groups excluding carboxylic acids is 3. The van der Waals surface area contributed by atoms with E-state index in [-0.39, 0.29) is 24.5 Å². The van der Waals surface area contributed by atoms with Crippen molar-refractivity contribution in [3.05, 3.63) is 70.3 Å². The molecule has 0 unspecified atom stereocenters. The number of fused-ring (bicyclic) bond motifs is 5. The maximum atomic E-state index is 14.4. The van der Waals surface area contributed by atoms with E-state index in [9.17, 15) is 14.4 Å². The molecule has 8 nitrogen and oxygen atoms in total. The van der Waals surface area contributed by atoms with Gasteiger partial charge in [-0.15, -0.1) is 0 Å². The van der Waals surface area contributed by atoms with Crippen LogP contribution in [0.3, 0.4) is 0 Å². The Morgan fingerprint density at radius 3 is 2.41 bits per heavy atom. The molecule has 1 saturated carbocycles. The summed E-state index contributed by atoms with van der Waals surface area (Å²) in [6, 6.07) is 11.7. The van der Waals surface area contributed by atoms with E-state index >= 15 is 0 Å². The van der Waals surface area contributed by atoms with Crippen molar-refractivity contribution >= 4 is 34.7 Å². The van der Waals surface area contributed by atoms with Crippen molar-refractivity contribution in [3.63, 3.8) is 0 Å². The fraction of sp³-hybridized carbons (Fsp3) is 0.447. The molecule has 1 aliphatic heterocycles. The Morgan fingerprint density at radius 1 is 1.02 bits per heavy atom. The summed E-state index contributed by atoms with van der Waals surface area (Å²) in [7, 11) is 5.38. The van der Waals surface area contributed by atoms with Crippen LogP contribution in [-0.4, -0.2) is 67.1 Å². The predicted octanol–water partition coefficient (Wildman–Crippen LogP) is 7.34. The summed E-state index contributed by atoms with van der Waals surface area (Å²) >= 11 is 0. The SMILES string of the molecule is CCOC(=O)C(=CCN(C)C)C(=O)C1=Cc2cc(OC)ccc2-c2c(C3CCCCC3)c3ccc(C(=O)OC(C)(C)C)cc3n2C1. The van der Waals surface area contributed by atoms with Crippen LogP contribution in [0.2, 0.25) is 0 Å². The van der Waals surface area contributed by atoms with E-state index in [0.29, 0.717) is 29.3 Å². The van der Waals surface area contributed by atoms with Crippen LogP contribution in [0.5, 0.6) is 5.75 Å². The van der Waals surface area contributed by atoms with Crippen LogP contribution in [0.1, 0.15) is 87.2 Å². The Kier molecular flexibility index (Phi) is 9.87. The summed E-state index contributed by atoms with van der Waals surface area (Å²) in [5.41, 5.74) is 5.22. The Balaban J connectivity index is 1.77. The number of aromatic nitrogens is 1. The summed E-state index contributed by atoms with van der Waals surface area (Å²) in [4.78, 5) is 42.7. The van der Waals surface area contributed by atoms with Gasteiger partial charge in [-0.1, -0.05) is 31.4 Å². The molecule has 1 aliphatic carbocycles. The first kappa shape index (κ1) is 33.2.